The van der Waals surface area contributed by atoms with Crippen molar-refractivity contribution in [3.8, 4) is 0 Å². The SMILES string of the molecule is C[C@@H]1CCO[C@@H]1C(=O)N1CCCNC(=O)C1Cc1ccccc1. The Labute approximate surface area is 137 Å². The average Bonchev–Trinajstić information content (AvgIpc) is 2.91. The molecule has 1 aromatic carbocycles. The van der Waals surface area contributed by atoms with Crippen molar-refractivity contribution in [2.45, 2.75) is 38.3 Å². The lowest BCUT2D eigenvalue weighted by Crippen LogP contribution is -2.52. The van der Waals surface area contributed by atoms with Crippen LogP contribution in [-0.2, 0) is 20.7 Å². The van der Waals surface area contributed by atoms with Crippen molar-refractivity contribution in [1.82, 2.24) is 10.2 Å². The van der Waals surface area contributed by atoms with E-state index < -0.39 is 12.1 Å². The van der Waals surface area contributed by atoms with Gasteiger partial charge in [-0.25, -0.2) is 0 Å². The summed E-state index contributed by atoms with van der Waals surface area (Å²) in [6.07, 6.45) is 1.82. The molecule has 5 nitrogen and oxygen atoms in total. The fourth-order valence-corrected chi connectivity index (χ4v) is 3.35. The highest BCUT2D eigenvalue weighted by Crippen LogP contribution is 2.24. The lowest BCUT2D eigenvalue weighted by atomic mass is 10.00. The molecule has 2 amide bonds. The molecule has 0 aromatic heterocycles. The number of rotatable bonds is 3. The van der Waals surface area contributed by atoms with E-state index >= 15 is 0 Å². The lowest BCUT2D eigenvalue weighted by Gasteiger charge is -2.31. The molecule has 2 aliphatic heterocycles. The Hall–Kier alpha value is -1.88. The summed E-state index contributed by atoms with van der Waals surface area (Å²) in [7, 11) is 0. The minimum Gasteiger partial charge on any atom is -0.368 e. The van der Waals surface area contributed by atoms with Crippen LogP contribution in [0.5, 0.6) is 0 Å². The summed E-state index contributed by atoms with van der Waals surface area (Å²) in [6, 6.07) is 9.40. The number of hydrogen-bond acceptors (Lipinski definition) is 3. The van der Waals surface area contributed by atoms with Gasteiger partial charge in [-0.1, -0.05) is 37.3 Å². The molecule has 2 saturated heterocycles. The van der Waals surface area contributed by atoms with Crippen molar-refractivity contribution >= 4 is 11.8 Å². The summed E-state index contributed by atoms with van der Waals surface area (Å²) >= 11 is 0. The maximum Gasteiger partial charge on any atom is 0.252 e. The van der Waals surface area contributed by atoms with Crippen LogP contribution in [0.25, 0.3) is 0 Å². The van der Waals surface area contributed by atoms with Crippen LogP contribution >= 0.6 is 0 Å². The van der Waals surface area contributed by atoms with Gasteiger partial charge >= 0.3 is 0 Å². The first kappa shape index (κ1) is 16.0. The van der Waals surface area contributed by atoms with Gasteiger partial charge in [0.1, 0.15) is 12.1 Å². The molecular weight excluding hydrogens is 292 g/mol. The van der Waals surface area contributed by atoms with Crippen LogP contribution in [0.4, 0.5) is 0 Å². The average molecular weight is 316 g/mol. The molecule has 1 N–H and O–H groups in total. The zero-order valence-electron chi connectivity index (χ0n) is 13.5. The summed E-state index contributed by atoms with van der Waals surface area (Å²) in [5.41, 5.74) is 1.06. The quantitative estimate of drug-likeness (QED) is 0.916. The number of nitrogens with zero attached hydrogens (tertiary/aromatic N) is 1. The molecular formula is C18H24N2O3. The monoisotopic (exact) mass is 316 g/mol. The minimum absolute atomic E-state index is 0.0343. The van der Waals surface area contributed by atoms with Gasteiger partial charge in [0.25, 0.3) is 5.91 Å². The third kappa shape index (κ3) is 3.55. The molecule has 0 aliphatic carbocycles. The molecule has 2 fully saturated rings. The van der Waals surface area contributed by atoms with Gasteiger partial charge < -0.3 is 15.0 Å². The lowest BCUT2D eigenvalue weighted by molar-refractivity contribution is -0.148. The molecule has 2 heterocycles. The predicted molar refractivity (Wildman–Crippen MR) is 86.8 cm³/mol. The van der Waals surface area contributed by atoms with Crippen LogP contribution in [0.2, 0.25) is 0 Å². The second kappa shape index (κ2) is 7.13. The van der Waals surface area contributed by atoms with Crippen LogP contribution in [0, 0.1) is 5.92 Å². The number of carbonyl (C=O) groups excluding carboxylic acids is 2. The standard InChI is InChI=1S/C18H24N2O3/c1-13-8-11-23-16(13)18(22)20-10-5-9-19-17(21)15(20)12-14-6-3-2-4-7-14/h2-4,6-7,13,15-16H,5,8-12H2,1H3,(H,19,21)/t13-,15?,16+/m1/s1. The molecule has 0 bridgehead atoms. The Morgan fingerprint density at radius 1 is 1.35 bits per heavy atom. The first-order chi connectivity index (χ1) is 11.2. The first-order valence-electron chi connectivity index (χ1n) is 8.40. The number of carbonyl (C=O) groups is 2. The maximum atomic E-state index is 12.9. The van der Waals surface area contributed by atoms with Crippen molar-refractivity contribution in [2.24, 2.45) is 5.92 Å². The van der Waals surface area contributed by atoms with Crippen molar-refractivity contribution in [3.05, 3.63) is 35.9 Å². The zero-order valence-corrected chi connectivity index (χ0v) is 13.5. The van der Waals surface area contributed by atoms with Gasteiger partial charge in [-0.15, -0.1) is 0 Å². The Morgan fingerprint density at radius 2 is 2.13 bits per heavy atom. The molecule has 0 spiro atoms. The maximum absolute atomic E-state index is 12.9. The number of ether oxygens (including phenoxy) is 1. The van der Waals surface area contributed by atoms with Gasteiger partial charge in [0, 0.05) is 26.1 Å². The predicted octanol–water partition coefficient (Wildman–Crippen LogP) is 1.37. The molecule has 1 unspecified atom stereocenters. The van der Waals surface area contributed by atoms with Gasteiger partial charge in [0.05, 0.1) is 0 Å². The van der Waals surface area contributed by atoms with Gasteiger partial charge in [-0.05, 0) is 24.3 Å². The molecule has 1 aromatic rings. The summed E-state index contributed by atoms with van der Waals surface area (Å²) in [4.78, 5) is 27.2. The van der Waals surface area contributed by atoms with Crippen LogP contribution in [0.1, 0.15) is 25.3 Å². The Morgan fingerprint density at radius 3 is 2.83 bits per heavy atom. The number of hydrogen-bond donors (Lipinski definition) is 1. The molecule has 5 heteroatoms. The van der Waals surface area contributed by atoms with E-state index in [2.05, 4.69) is 5.32 Å². The normalized spacial score (nSPS) is 28.3. The molecule has 124 valence electrons. The molecule has 3 atom stereocenters. The third-order valence-electron chi connectivity index (χ3n) is 4.74. The van der Waals surface area contributed by atoms with E-state index in [9.17, 15) is 9.59 Å². The second-order valence-electron chi connectivity index (χ2n) is 6.44. The van der Waals surface area contributed by atoms with E-state index in [1.165, 1.54) is 0 Å². The highest BCUT2D eigenvalue weighted by atomic mass is 16.5. The third-order valence-corrected chi connectivity index (χ3v) is 4.74. The van der Waals surface area contributed by atoms with Crippen LogP contribution in [0.15, 0.2) is 30.3 Å². The fraction of sp³-hybridized carbons (Fsp3) is 0.556. The summed E-state index contributed by atoms with van der Waals surface area (Å²) in [6.45, 7) is 3.89. The molecule has 0 saturated carbocycles. The van der Waals surface area contributed by atoms with Gasteiger partial charge in [0.2, 0.25) is 5.91 Å². The highest BCUT2D eigenvalue weighted by molar-refractivity contribution is 5.90. The van der Waals surface area contributed by atoms with Crippen molar-refractivity contribution in [1.29, 1.82) is 0 Å². The van der Waals surface area contributed by atoms with Crippen molar-refractivity contribution in [2.75, 3.05) is 19.7 Å². The van der Waals surface area contributed by atoms with Crippen LogP contribution in [-0.4, -0.2) is 48.6 Å². The fourth-order valence-electron chi connectivity index (χ4n) is 3.35. The summed E-state index contributed by atoms with van der Waals surface area (Å²) < 4.78 is 5.63. The zero-order chi connectivity index (χ0) is 16.2. The van der Waals surface area contributed by atoms with Crippen LogP contribution in [0.3, 0.4) is 0 Å². The number of amides is 2. The molecule has 23 heavy (non-hydrogen) atoms. The van der Waals surface area contributed by atoms with Crippen molar-refractivity contribution < 1.29 is 14.3 Å². The smallest absolute Gasteiger partial charge is 0.252 e. The molecule has 2 aliphatic rings. The van der Waals surface area contributed by atoms with E-state index in [1.807, 2.05) is 37.3 Å². The largest absolute Gasteiger partial charge is 0.368 e. The molecule has 0 radical (unpaired) electrons. The number of nitrogens with one attached hydrogen (secondary N) is 1. The highest BCUT2D eigenvalue weighted by Gasteiger charge is 2.39. The first-order valence-corrected chi connectivity index (χ1v) is 8.40. The van der Waals surface area contributed by atoms with E-state index in [0.29, 0.717) is 26.1 Å². The summed E-state index contributed by atoms with van der Waals surface area (Å²) in [5.74, 6) is 0.115. The van der Waals surface area contributed by atoms with Gasteiger partial charge in [0.15, 0.2) is 0 Å². The Bertz CT molecular complexity index is 561. The Balaban J connectivity index is 1.81. The van der Waals surface area contributed by atoms with Crippen molar-refractivity contribution in [3.63, 3.8) is 0 Å². The summed E-state index contributed by atoms with van der Waals surface area (Å²) in [5, 5.41) is 2.93. The Kier molecular flexibility index (Phi) is 4.96. The van der Waals surface area contributed by atoms with Gasteiger partial charge in [-0.3, -0.25) is 9.59 Å². The van der Waals surface area contributed by atoms with E-state index in [4.69, 9.17) is 4.74 Å². The van der Waals surface area contributed by atoms with Gasteiger partial charge in [-0.2, -0.15) is 0 Å². The minimum atomic E-state index is -0.455. The van der Waals surface area contributed by atoms with E-state index in [0.717, 1.165) is 18.4 Å². The molecule has 3 rings (SSSR count). The van der Waals surface area contributed by atoms with Crippen LogP contribution < -0.4 is 5.32 Å². The van der Waals surface area contributed by atoms with E-state index in [-0.39, 0.29) is 17.7 Å². The number of benzene rings is 1. The second-order valence-corrected chi connectivity index (χ2v) is 6.44. The topological polar surface area (TPSA) is 58.6 Å². The van der Waals surface area contributed by atoms with E-state index in [1.54, 1.807) is 4.90 Å².